The Labute approximate surface area is 189 Å². The van der Waals surface area contributed by atoms with Gasteiger partial charge in [-0.2, -0.15) is 0 Å². The molecular formula is C25H33BrN2S. The Morgan fingerprint density at radius 3 is 2.52 bits per heavy atom. The standard InChI is InChI=1S/C25H33BrN2S/c1-6-8-9-13-19(4)23(18(3)12-7-2)24(21-14-10-11-15-22(21)26)28-20(5)25-27-16-17-29-25/h10-11,14-17,24H,3,6-9,12-13H2,1-2,4-5H3/b23-19+,28-20?. The number of allylic oxidation sites excluding steroid dienone is 1. The van der Waals surface area contributed by atoms with Crippen LogP contribution in [0.2, 0.25) is 0 Å². The lowest BCUT2D eigenvalue weighted by molar-refractivity contribution is 0.698. The van der Waals surface area contributed by atoms with Crippen LogP contribution >= 0.6 is 27.3 Å². The van der Waals surface area contributed by atoms with Crippen molar-refractivity contribution in [3.05, 3.63) is 74.2 Å². The smallest absolute Gasteiger partial charge is 0.136 e. The minimum Gasteiger partial charge on any atom is -0.274 e. The number of nitrogens with zero attached hydrogens (tertiary/aromatic N) is 2. The summed E-state index contributed by atoms with van der Waals surface area (Å²) in [6.07, 6.45) is 8.71. The molecule has 0 radical (unpaired) electrons. The van der Waals surface area contributed by atoms with Gasteiger partial charge in [-0.15, -0.1) is 11.3 Å². The molecule has 0 spiro atoms. The van der Waals surface area contributed by atoms with Crippen molar-refractivity contribution in [2.75, 3.05) is 0 Å². The number of rotatable bonds is 11. The highest BCUT2D eigenvalue weighted by Gasteiger charge is 2.23. The third-order valence-corrected chi connectivity index (χ3v) is 6.69. The second-order valence-electron chi connectivity index (χ2n) is 7.48. The van der Waals surface area contributed by atoms with Crippen LogP contribution in [0.5, 0.6) is 0 Å². The fourth-order valence-corrected chi connectivity index (χ4v) is 4.67. The number of halogens is 1. The van der Waals surface area contributed by atoms with E-state index in [1.165, 1.54) is 41.5 Å². The molecule has 0 amide bonds. The van der Waals surface area contributed by atoms with Crippen molar-refractivity contribution < 1.29 is 0 Å². The normalized spacial score (nSPS) is 13.9. The Hall–Kier alpha value is -1.52. The summed E-state index contributed by atoms with van der Waals surface area (Å²) < 4.78 is 1.09. The first-order chi connectivity index (χ1) is 14.0. The summed E-state index contributed by atoms with van der Waals surface area (Å²) in [5.41, 5.74) is 6.08. The van der Waals surface area contributed by atoms with Gasteiger partial charge >= 0.3 is 0 Å². The van der Waals surface area contributed by atoms with E-state index in [-0.39, 0.29) is 6.04 Å². The molecule has 4 heteroatoms. The van der Waals surface area contributed by atoms with Crippen LogP contribution in [0.15, 0.2) is 68.6 Å². The lowest BCUT2D eigenvalue weighted by Crippen LogP contribution is -2.09. The van der Waals surface area contributed by atoms with Crippen LogP contribution < -0.4 is 0 Å². The number of thiazole rings is 1. The highest BCUT2D eigenvalue weighted by molar-refractivity contribution is 9.10. The number of aliphatic imine (C=N–C) groups is 1. The molecular weight excluding hydrogens is 440 g/mol. The molecule has 0 saturated carbocycles. The molecule has 0 aliphatic heterocycles. The van der Waals surface area contributed by atoms with Crippen LogP contribution in [0.4, 0.5) is 0 Å². The topological polar surface area (TPSA) is 25.2 Å². The summed E-state index contributed by atoms with van der Waals surface area (Å²) in [7, 11) is 0. The van der Waals surface area contributed by atoms with Gasteiger partial charge < -0.3 is 0 Å². The number of benzene rings is 1. The molecule has 2 nitrogen and oxygen atoms in total. The van der Waals surface area contributed by atoms with E-state index in [9.17, 15) is 0 Å². The van der Waals surface area contributed by atoms with E-state index in [4.69, 9.17) is 4.99 Å². The molecule has 2 rings (SSSR count). The van der Waals surface area contributed by atoms with Gasteiger partial charge in [-0.3, -0.25) is 4.99 Å². The van der Waals surface area contributed by atoms with E-state index in [0.29, 0.717) is 0 Å². The third-order valence-electron chi connectivity index (χ3n) is 5.09. The van der Waals surface area contributed by atoms with E-state index < -0.39 is 0 Å². The maximum absolute atomic E-state index is 5.22. The van der Waals surface area contributed by atoms with Gasteiger partial charge in [-0.1, -0.05) is 79.4 Å². The predicted molar refractivity (Wildman–Crippen MR) is 132 cm³/mol. The lowest BCUT2D eigenvalue weighted by Gasteiger charge is -2.24. The second kappa shape index (κ2) is 12.2. The fourth-order valence-electron chi connectivity index (χ4n) is 3.58. The molecule has 1 heterocycles. The molecule has 1 atom stereocenters. The lowest BCUT2D eigenvalue weighted by atomic mass is 9.86. The summed E-state index contributed by atoms with van der Waals surface area (Å²) in [4.78, 5) is 9.69. The van der Waals surface area contributed by atoms with Gasteiger partial charge in [-0.25, -0.2) is 4.98 Å². The Kier molecular flexibility index (Phi) is 10.0. The van der Waals surface area contributed by atoms with E-state index in [0.717, 1.165) is 34.5 Å². The van der Waals surface area contributed by atoms with Crippen LogP contribution in [-0.2, 0) is 0 Å². The SMILES string of the molecule is C=C(CCC)/C(=C(/C)CCCCC)C(N=C(C)c1nccs1)c1ccccc1Br. The average molecular weight is 474 g/mol. The number of hydrogen-bond donors (Lipinski definition) is 0. The molecule has 1 aromatic carbocycles. The van der Waals surface area contributed by atoms with E-state index in [1.54, 1.807) is 11.3 Å². The molecule has 2 aromatic rings. The van der Waals surface area contributed by atoms with Crippen molar-refractivity contribution in [2.24, 2.45) is 4.99 Å². The summed E-state index contributed by atoms with van der Waals surface area (Å²) in [6, 6.07) is 8.35. The molecule has 0 fully saturated rings. The van der Waals surface area contributed by atoms with Crippen molar-refractivity contribution >= 4 is 33.0 Å². The van der Waals surface area contributed by atoms with Crippen LogP contribution in [0, 0.1) is 0 Å². The first-order valence-electron chi connectivity index (χ1n) is 10.6. The first-order valence-corrected chi connectivity index (χ1v) is 12.2. The zero-order valence-electron chi connectivity index (χ0n) is 18.2. The molecule has 29 heavy (non-hydrogen) atoms. The van der Waals surface area contributed by atoms with Gasteiger partial charge in [0.05, 0.1) is 5.71 Å². The molecule has 0 bridgehead atoms. The average Bonchev–Trinajstić information content (AvgIpc) is 3.23. The van der Waals surface area contributed by atoms with Gasteiger partial charge in [0.2, 0.25) is 0 Å². The zero-order chi connectivity index (χ0) is 21.2. The highest BCUT2D eigenvalue weighted by atomic mass is 79.9. The van der Waals surface area contributed by atoms with Crippen molar-refractivity contribution in [3.63, 3.8) is 0 Å². The van der Waals surface area contributed by atoms with Gasteiger partial charge in [0.25, 0.3) is 0 Å². The number of unbranched alkanes of at least 4 members (excludes halogenated alkanes) is 2. The van der Waals surface area contributed by atoms with Crippen LogP contribution in [0.25, 0.3) is 0 Å². The van der Waals surface area contributed by atoms with Crippen molar-refractivity contribution in [1.29, 1.82) is 0 Å². The maximum Gasteiger partial charge on any atom is 0.136 e. The Morgan fingerprint density at radius 1 is 1.14 bits per heavy atom. The zero-order valence-corrected chi connectivity index (χ0v) is 20.6. The van der Waals surface area contributed by atoms with Crippen LogP contribution in [0.3, 0.4) is 0 Å². The molecule has 0 saturated heterocycles. The molecule has 1 unspecified atom stereocenters. The van der Waals surface area contributed by atoms with Crippen LogP contribution in [0.1, 0.15) is 82.8 Å². The minimum absolute atomic E-state index is 0.0739. The van der Waals surface area contributed by atoms with E-state index in [2.05, 4.69) is 79.5 Å². The van der Waals surface area contributed by atoms with Gasteiger partial charge in [-0.05, 0) is 55.9 Å². The summed E-state index contributed by atoms with van der Waals surface area (Å²) >= 11 is 5.41. The van der Waals surface area contributed by atoms with E-state index >= 15 is 0 Å². The van der Waals surface area contributed by atoms with Crippen LogP contribution in [-0.4, -0.2) is 10.7 Å². The number of aromatic nitrogens is 1. The first kappa shape index (κ1) is 23.8. The second-order valence-corrected chi connectivity index (χ2v) is 9.23. The van der Waals surface area contributed by atoms with Crippen molar-refractivity contribution in [2.45, 2.75) is 72.3 Å². The molecule has 1 aromatic heterocycles. The monoisotopic (exact) mass is 472 g/mol. The number of hydrogen-bond acceptors (Lipinski definition) is 3. The molecule has 0 N–H and O–H groups in total. The summed E-state index contributed by atoms with van der Waals surface area (Å²) in [5, 5.41) is 2.98. The maximum atomic E-state index is 5.22. The third kappa shape index (κ3) is 6.75. The summed E-state index contributed by atoms with van der Waals surface area (Å²) in [6.45, 7) is 13.3. The molecule has 0 aliphatic rings. The van der Waals surface area contributed by atoms with Crippen molar-refractivity contribution in [3.8, 4) is 0 Å². The minimum atomic E-state index is -0.0739. The fraction of sp³-hybridized carbons (Fsp3) is 0.440. The summed E-state index contributed by atoms with van der Waals surface area (Å²) in [5.74, 6) is 0. The van der Waals surface area contributed by atoms with Gasteiger partial charge in [0, 0.05) is 16.0 Å². The van der Waals surface area contributed by atoms with Gasteiger partial charge in [0.1, 0.15) is 11.0 Å². The van der Waals surface area contributed by atoms with Gasteiger partial charge in [0.15, 0.2) is 0 Å². The Balaban J connectivity index is 2.60. The Morgan fingerprint density at radius 2 is 1.90 bits per heavy atom. The molecule has 0 aliphatic carbocycles. The molecule has 156 valence electrons. The van der Waals surface area contributed by atoms with Crippen molar-refractivity contribution in [1.82, 2.24) is 4.98 Å². The Bertz CT molecular complexity index is 849. The predicted octanol–water partition coefficient (Wildman–Crippen LogP) is 8.71. The quantitative estimate of drug-likeness (QED) is 0.182. The largest absolute Gasteiger partial charge is 0.274 e. The van der Waals surface area contributed by atoms with E-state index in [1.807, 2.05) is 11.6 Å². The highest BCUT2D eigenvalue weighted by Crippen LogP contribution is 2.39.